The standard InChI is InChI=1S/C24H23F3N4O2/c1-28-23(33)20(29-22(32)19-15-31(2)30-21(19)24(25,26)27)18(17-11-7-4-8-12-17)14-13-16-9-5-3-6-10-16/h3-15,18,20H,1-2H3,(H,28,33)(H,29,32)/b14-13+. The van der Waals surface area contributed by atoms with Gasteiger partial charge in [0.1, 0.15) is 6.04 Å². The van der Waals surface area contributed by atoms with Gasteiger partial charge in [0.05, 0.1) is 5.56 Å². The maximum Gasteiger partial charge on any atom is 0.435 e. The first kappa shape index (κ1) is 23.8. The number of aryl methyl sites for hydroxylation is 1. The predicted molar refractivity (Wildman–Crippen MR) is 118 cm³/mol. The van der Waals surface area contributed by atoms with Gasteiger partial charge in [-0.05, 0) is 11.1 Å². The molecule has 1 heterocycles. The van der Waals surface area contributed by atoms with Crippen molar-refractivity contribution in [1.82, 2.24) is 20.4 Å². The lowest BCUT2D eigenvalue weighted by Crippen LogP contribution is -2.49. The van der Waals surface area contributed by atoms with Gasteiger partial charge in [0, 0.05) is 26.2 Å². The van der Waals surface area contributed by atoms with Crippen molar-refractivity contribution in [3.63, 3.8) is 0 Å². The van der Waals surface area contributed by atoms with E-state index >= 15 is 0 Å². The highest BCUT2D eigenvalue weighted by molar-refractivity contribution is 5.98. The molecule has 6 nitrogen and oxygen atoms in total. The SMILES string of the molecule is CNC(=O)C(NC(=O)c1cn(C)nc1C(F)(F)F)C(/C=C/c1ccccc1)c1ccccc1. The molecule has 2 aromatic carbocycles. The minimum absolute atomic E-state index is 0.549. The number of halogens is 3. The zero-order valence-electron chi connectivity index (χ0n) is 18.0. The molecule has 0 saturated heterocycles. The number of alkyl halides is 3. The van der Waals surface area contributed by atoms with E-state index in [1.807, 2.05) is 30.3 Å². The van der Waals surface area contributed by atoms with Crippen molar-refractivity contribution in [2.75, 3.05) is 7.05 Å². The van der Waals surface area contributed by atoms with Crippen molar-refractivity contribution >= 4 is 17.9 Å². The van der Waals surface area contributed by atoms with Crippen LogP contribution in [0.3, 0.4) is 0 Å². The second-order valence-electron chi connectivity index (χ2n) is 7.33. The Morgan fingerprint density at radius 3 is 2.21 bits per heavy atom. The van der Waals surface area contributed by atoms with E-state index in [9.17, 15) is 22.8 Å². The maximum absolute atomic E-state index is 13.4. The normalized spacial score (nSPS) is 13.5. The van der Waals surface area contributed by atoms with Crippen LogP contribution in [-0.2, 0) is 18.0 Å². The highest BCUT2D eigenvalue weighted by Gasteiger charge is 2.40. The molecular formula is C24H23F3N4O2. The molecule has 0 aliphatic carbocycles. The molecule has 2 unspecified atom stereocenters. The van der Waals surface area contributed by atoms with E-state index in [2.05, 4.69) is 15.7 Å². The number of hydrogen-bond acceptors (Lipinski definition) is 3. The molecule has 0 bridgehead atoms. The Kier molecular flexibility index (Phi) is 7.32. The Labute approximate surface area is 189 Å². The Balaban J connectivity index is 2.00. The molecule has 0 radical (unpaired) electrons. The summed E-state index contributed by atoms with van der Waals surface area (Å²) in [5.41, 5.74) is -0.389. The van der Waals surface area contributed by atoms with Crippen LogP contribution in [0.5, 0.6) is 0 Å². The highest BCUT2D eigenvalue weighted by atomic mass is 19.4. The predicted octanol–water partition coefficient (Wildman–Crippen LogP) is 3.78. The Morgan fingerprint density at radius 2 is 1.64 bits per heavy atom. The molecule has 2 amide bonds. The van der Waals surface area contributed by atoms with Gasteiger partial charge in [0.2, 0.25) is 5.91 Å². The van der Waals surface area contributed by atoms with Crippen LogP contribution >= 0.6 is 0 Å². The van der Waals surface area contributed by atoms with Crippen molar-refractivity contribution in [3.8, 4) is 0 Å². The average Bonchev–Trinajstić information content (AvgIpc) is 3.22. The molecule has 0 saturated carbocycles. The molecule has 33 heavy (non-hydrogen) atoms. The molecule has 2 N–H and O–H groups in total. The van der Waals surface area contributed by atoms with E-state index in [1.165, 1.54) is 14.1 Å². The number of likely N-dealkylation sites (N-methyl/N-ethyl adjacent to an activating group) is 1. The fraction of sp³-hybridized carbons (Fsp3) is 0.208. The van der Waals surface area contributed by atoms with Gasteiger partial charge in [0.25, 0.3) is 5.91 Å². The van der Waals surface area contributed by atoms with E-state index in [1.54, 1.807) is 42.5 Å². The Hall–Kier alpha value is -3.88. The summed E-state index contributed by atoms with van der Waals surface area (Å²) in [5.74, 6) is -2.24. The van der Waals surface area contributed by atoms with Gasteiger partial charge in [-0.15, -0.1) is 0 Å². The minimum atomic E-state index is -4.82. The van der Waals surface area contributed by atoms with Gasteiger partial charge in [-0.2, -0.15) is 18.3 Å². The van der Waals surface area contributed by atoms with E-state index in [4.69, 9.17) is 0 Å². The molecule has 0 aliphatic heterocycles. The van der Waals surface area contributed by atoms with E-state index in [-0.39, 0.29) is 0 Å². The largest absolute Gasteiger partial charge is 0.435 e. The first-order chi connectivity index (χ1) is 15.7. The van der Waals surface area contributed by atoms with Gasteiger partial charge in [-0.3, -0.25) is 14.3 Å². The van der Waals surface area contributed by atoms with Crippen LogP contribution in [0.4, 0.5) is 13.2 Å². The summed E-state index contributed by atoms with van der Waals surface area (Å²) in [6.45, 7) is 0. The molecule has 3 aromatic rings. The third-order valence-corrected chi connectivity index (χ3v) is 5.00. The summed E-state index contributed by atoms with van der Waals surface area (Å²) < 4.78 is 41.0. The molecule has 172 valence electrons. The van der Waals surface area contributed by atoms with Crippen molar-refractivity contribution in [1.29, 1.82) is 0 Å². The van der Waals surface area contributed by atoms with Gasteiger partial charge in [-0.1, -0.05) is 72.8 Å². The van der Waals surface area contributed by atoms with Crippen LogP contribution in [0.15, 0.2) is 72.9 Å². The fourth-order valence-corrected chi connectivity index (χ4v) is 3.43. The van der Waals surface area contributed by atoms with Crippen LogP contribution in [-0.4, -0.2) is 34.7 Å². The maximum atomic E-state index is 13.4. The molecule has 3 rings (SSSR count). The van der Waals surface area contributed by atoms with E-state index < -0.39 is 41.2 Å². The third-order valence-electron chi connectivity index (χ3n) is 5.00. The first-order valence-electron chi connectivity index (χ1n) is 10.1. The van der Waals surface area contributed by atoms with Crippen molar-refractivity contribution in [2.45, 2.75) is 18.1 Å². The lowest BCUT2D eigenvalue weighted by atomic mass is 9.89. The molecule has 9 heteroatoms. The highest BCUT2D eigenvalue weighted by Crippen LogP contribution is 2.31. The summed E-state index contributed by atoms with van der Waals surface area (Å²) in [4.78, 5) is 25.7. The minimum Gasteiger partial charge on any atom is -0.357 e. The number of rotatable bonds is 7. The van der Waals surface area contributed by atoms with E-state index in [0.29, 0.717) is 5.56 Å². The molecule has 0 aliphatic rings. The quantitative estimate of drug-likeness (QED) is 0.568. The summed E-state index contributed by atoms with van der Waals surface area (Å²) in [5, 5.41) is 8.35. The van der Waals surface area contributed by atoms with Crippen molar-refractivity contribution < 1.29 is 22.8 Å². The number of benzene rings is 2. The molecular weight excluding hydrogens is 433 g/mol. The summed E-state index contributed by atoms with van der Waals surface area (Å²) in [6.07, 6.45) is -0.289. The number of aromatic nitrogens is 2. The zero-order valence-corrected chi connectivity index (χ0v) is 18.0. The third kappa shape index (κ3) is 5.88. The van der Waals surface area contributed by atoms with Gasteiger partial charge in [-0.25, -0.2) is 0 Å². The summed E-state index contributed by atoms with van der Waals surface area (Å²) in [6, 6.07) is 17.1. The molecule has 0 spiro atoms. The van der Waals surface area contributed by atoms with Crippen LogP contribution in [0.25, 0.3) is 6.08 Å². The molecule has 2 atom stereocenters. The van der Waals surface area contributed by atoms with Crippen LogP contribution in [0.1, 0.15) is 33.1 Å². The average molecular weight is 456 g/mol. The number of carbonyl (C=O) groups is 2. The Morgan fingerprint density at radius 1 is 1.03 bits per heavy atom. The fourth-order valence-electron chi connectivity index (χ4n) is 3.43. The number of nitrogens with one attached hydrogen (secondary N) is 2. The number of hydrogen-bond donors (Lipinski definition) is 2. The van der Waals surface area contributed by atoms with Crippen molar-refractivity contribution in [2.24, 2.45) is 7.05 Å². The molecule has 1 aromatic heterocycles. The van der Waals surface area contributed by atoms with E-state index in [0.717, 1.165) is 16.4 Å². The topological polar surface area (TPSA) is 76.0 Å². The Bertz CT molecular complexity index is 1130. The lowest BCUT2D eigenvalue weighted by molar-refractivity contribution is -0.141. The number of amides is 2. The lowest BCUT2D eigenvalue weighted by Gasteiger charge is -2.25. The number of carbonyl (C=O) groups excluding carboxylic acids is 2. The van der Waals surface area contributed by atoms with Gasteiger partial charge >= 0.3 is 6.18 Å². The van der Waals surface area contributed by atoms with Gasteiger partial charge < -0.3 is 10.6 Å². The summed E-state index contributed by atoms with van der Waals surface area (Å²) >= 11 is 0. The smallest absolute Gasteiger partial charge is 0.357 e. The second kappa shape index (κ2) is 10.2. The zero-order chi connectivity index (χ0) is 24.0. The van der Waals surface area contributed by atoms with Gasteiger partial charge in [0.15, 0.2) is 5.69 Å². The first-order valence-corrected chi connectivity index (χ1v) is 10.1. The second-order valence-corrected chi connectivity index (χ2v) is 7.33. The van der Waals surface area contributed by atoms with Crippen LogP contribution in [0.2, 0.25) is 0 Å². The van der Waals surface area contributed by atoms with Crippen LogP contribution < -0.4 is 10.6 Å². The van der Waals surface area contributed by atoms with Crippen molar-refractivity contribution in [3.05, 3.63) is 95.3 Å². The van der Waals surface area contributed by atoms with Crippen LogP contribution in [0, 0.1) is 0 Å². The number of nitrogens with zero attached hydrogens (tertiary/aromatic N) is 2. The molecule has 0 fully saturated rings. The summed E-state index contributed by atoms with van der Waals surface area (Å²) in [7, 11) is 2.69. The monoisotopic (exact) mass is 456 g/mol.